The normalized spacial score (nSPS) is 0. The van der Waals surface area contributed by atoms with Crippen LogP contribution in [0.15, 0.2) is 0 Å². The van der Waals surface area contributed by atoms with E-state index >= 15 is 0 Å². The predicted molar refractivity (Wildman–Crippen MR) is 0 cm³/mol. The van der Waals surface area contributed by atoms with Crippen LogP contribution < -0.4 is 41.8 Å². The van der Waals surface area contributed by atoms with Crippen molar-refractivity contribution in [1.29, 1.82) is 0 Å². The second-order valence-electron chi connectivity index (χ2n) is 0. The molecule has 6 heavy (non-hydrogen) atoms. The molecule has 0 saturated carbocycles. The third-order valence-corrected chi connectivity index (χ3v) is 0. The summed E-state index contributed by atoms with van der Waals surface area (Å²) in [6.45, 7) is 0. The zero-order valence-electron chi connectivity index (χ0n) is 2.63. The molecule has 0 aliphatic heterocycles. The quantitative estimate of drug-likeness (QED) is 0.363. The minimum atomic E-state index is 0. The van der Waals surface area contributed by atoms with Crippen LogP contribution in [-0.2, 0) is 78.6 Å². The molecule has 0 unspecified atom stereocenters. The third-order valence-electron chi connectivity index (χ3n) is 0. The van der Waals surface area contributed by atoms with E-state index in [0.717, 1.165) is 0 Å². The molecule has 0 fully saturated rings. The van der Waals surface area contributed by atoms with Gasteiger partial charge in [0.15, 0.2) is 0 Å². The molecule has 0 N–H and O–H groups in total. The molecule has 0 atom stereocenters. The first-order valence-corrected chi connectivity index (χ1v) is 0. The fourth-order valence-electron chi connectivity index (χ4n) is 0. The van der Waals surface area contributed by atoms with Gasteiger partial charge in [-0.1, -0.05) is 0 Å². The number of hydrogen-bond donors (Lipinski definition) is 0. The monoisotopic (exact) mass is 419 g/mol. The van der Waals surface area contributed by atoms with Gasteiger partial charge in [-0.2, -0.15) is 0 Å². The fourth-order valence-corrected chi connectivity index (χ4v) is 0. The van der Waals surface area contributed by atoms with Crippen molar-refractivity contribution in [3.8, 4) is 0 Å². The molecule has 0 amide bonds. The summed E-state index contributed by atoms with van der Waals surface area (Å²) in [5.74, 6) is 0. The zero-order valence-corrected chi connectivity index (χ0v) is 13.1. The van der Waals surface area contributed by atoms with Crippen LogP contribution in [0.3, 0.4) is 0 Å². The van der Waals surface area contributed by atoms with Crippen LogP contribution in [-0.4, -0.2) is 0 Å². The van der Waals surface area contributed by atoms with Gasteiger partial charge in [-0.25, -0.2) is 0 Å². The summed E-state index contributed by atoms with van der Waals surface area (Å²) in [5.41, 5.74) is 0. The molecule has 0 aromatic heterocycles. The van der Waals surface area contributed by atoms with Crippen LogP contribution in [0.2, 0.25) is 0 Å². The Hall–Kier alpha value is 3.71. The summed E-state index contributed by atoms with van der Waals surface area (Å²) < 4.78 is 0. The Morgan fingerprint density at radius 1 is 0.500 bits per heavy atom. The molecule has 0 nitrogen and oxygen atoms in total. The van der Waals surface area contributed by atoms with Crippen molar-refractivity contribution in [3.05, 3.63) is 0 Å². The second kappa shape index (κ2) is 37.6. The van der Waals surface area contributed by atoms with Crippen molar-refractivity contribution >= 4 is 0 Å². The minimum Gasteiger partial charge on any atom is -1.00 e. The Kier molecular flexibility index (Phi) is 336. The molecule has 0 radical (unpaired) electrons. The topological polar surface area (TPSA) is 0 Å². The van der Waals surface area contributed by atoms with Gasteiger partial charge < -0.3 is 41.8 Å². The van der Waals surface area contributed by atoms with Gasteiger partial charge in [0.05, 0.1) is 0 Å². The summed E-state index contributed by atoms with van der Waals surface area (Å²) >= 11 is 0. The van der Waals surface area contributed by atoms with Gasteiger partial charge in [0.1, 0.15) is 0 Å². The van der Waals surface area contributed by atoms with Crippen LogP contribution in [0, 0.1) is 0 Å². The molecular weight excluding hydrogens is 424 g/mol. The Balaban J connectivity index is 0. The van der Waals surface area contributed by atoms with Crippen LogP contribution in [0.4, 0.5) is 0 Å². The predicted octanol–water partition coefficient (Wildman–Crippen LogP) is -9.00. The van der Waals surface area contributed by atoms with Crippen LogP contribution >= 0.6 is 0 Å². The largest absolute Gasteiger partial charge is 4.00 e. The molecule has 0 saturated heterocycles. The summed E-state index contributed by atoms with van der Waals surface area (Å²) in [7, 11) is 0. The molecule has 0 heterocycles. The zero-order chi connectivity index (χ0) is 0. The molecule has 0 rings (SSSR count). The number of rotatable bonds is 0. The van der Waals surface area contributed by atoms with Crippen molar-refractivity contribution in [1.82, 2.24) is 0 Å². The van der Waals surface area contributed by atoms with E-state index in [1.165, 1.54) is 0 Å². The molecular formula is BrCl2Zr3+9. The van der Waals surface area contributed by atoms with Crippen molar-refractivity contribution < 1.29 is 120 Å². The average Bonchev–Trinajstić information content (AvgIpc) is 0. The van der Waals surface area contributed by atoms with Gasteiger partial charge in [0.2, 0.25) is 0 Å². The third kappa shape index (κ3) is 25.2. The van der Waals surface area contributed by atoms with E-state index in [-0.39, 0.29) is 120 Å². The SMILES string of the molecule is [Br-].[Cl-].[Cl-].[Zr+4].[Zr+4].[Zr+4]. The van der Waals surface area contributed by atoms with Crippen molar-refractivity contribution in [3.63, 3.8) is 0 Å². The van der Waals surface area contributed by atoms with E-state index in [9.17, 15) is 0 Å². The standard InChI is InChI=1S/BrH.2ClH.3Zr/h3*1H;;;/q;;;3*+4/p-3. The fraction of sp³-hybridized carbons (Fsp3) is 0. The van der Waals surface area contributed by atoms with Gasteiger partial charge in [-0.05, 0) is 0 Å². The van der Waals surface area contributed by atoms with Gasteiger partial charge in [-0.15, -0.1) is 0 Å². The van der Waals surface area contributed by atoms with E-state index < -0.39 is 0 Å². The first-order chi connectivity index (χ1) is 0. The minimum absolute atomic E-state index is 0. The van der Waals surface area contributed by atoms with Crippen molar-refractivity contribution in [2.75, 3.05) is 0 Å². The van der Waals surface area contributed by atoms with Gasteiger partial charge in [-0.3, -0.25) is 0 Å². The first kappa shape index (κ1) is 53.5. The van der Waals surface area contributed by atoms with Gasteiger partial charge >= 0.3 is 78.6 Å². The molecule has 6 heteroatoms. The Labute approximate surface area is 118 Å². The summed E-state index contributed by atoms with van der Waals surface area (Å²) in [6.07, 6.45) is 0. The average molecular weight is 424 g/mol. The van der Waals surface area contributed by atoms with Crippen LogP contribution in [0.5, 0.6) is 0 Å². The van der Waals surface area contributed by atoms with E-state index in [1.54, 1.807) is 0 Å². The molecule has 0 spiro atoms. The van der Waals surface area contributed by atoms with E-state index in [4.69, 9.17) is 0 Å². The second-order valence-corrected chi connectivity index (χ2v) is 0. The molecule has 24 valence electrons. The number of halogens is 3. The molecule has 0 aliphatic rings. The number of hydrogen-bond acceptors (Lipinski definition) is 0. The maximum absolute atomic E-state index is 0. The maximum Gasteiger partial charge on any atom is 4.00 e. The Morgan fingerprint density at radius 2 is 0.500 bits per heavy atom. The molecule has 0 aliphatic carbocycles. The molecule has 0 aromatic carbocycles. The Morgan fingerprint density at radius 3 is 0.500 bits per heavy atom. The van der Waals surface area contributed by atoms with E-state index in [0.29, 0.717) is 0 Å². The van der Waals surface area contributed by atoms with Gasteiger partial charge in [0, 0.05) is 0 Å². The summed E-state index contributed by atoms with van der Waals surface area (Å²) in [5, 5.41) is 0. The van der Waals surface area contributed by atoms with E-state index in [1.807, 2.05) is 0 Å². The molecule has 0 bridgehead atoms. The Bertz CT molecular complexity index is 8.75. The summed E-state index contributed by atoms with van der Waals surface area (Å²) in [6, 6.07) is 0. The van der Waals surface area contributed by atoms with Crippen molar-refractivity contribution in [2.24, 2.45) is 0 Å². The van der Waals surface area contributed by atoms with Crippen molar-refractivity contribution in [2.45, 2.75) is 0 Å². The van der Waals surface area contributed by atoms with Crippen LogP contribution in [0.1, 0.15) is 0 Å². The van der Waals surface area contributed by atoms with Gasteiger partial charge in [0.25, 0.3) is 0 Å². The smallest absolute Gasteiger partial charge is 1.00 e. The maximum atomic E-state index is 0. The summed E-state index contributed by atoms with van der Waals surface area (Å²) in [4.78, 5) is 0. The first-order valence-electron chi connectivity index (χ1n) is 0. The van der Waals surface area contributed by atoms with E-state index in [2.05, 4.69) is 0 Å². The molecule has 0 aromatic rings. The van der Waals surface area contributed by atoms with Crippen LogP contribution in [0.25, 0.3) is 0 Å².